The molecular formula is C17H18O7. The lowest BCUT2D eigenvalue weighted by Crippen LogP contribution is -2.46. The summed E-state index contributed by atoms with van der Waals surface area (Å²) in [4.78, 5) is 23.7. The van der Waals surface area contributed by atoms with Gasteiger partial charge in [0.2, 0.25) is 0 Å². The third kappa shape index (κ3) is 3.00. The van der Waals surface area contributed by atoms with Gasteiger partial charge in [0.05, 0.1) is 6.10 Å². The second kappa shape index (κ2) is 5.92. The van der Waals surface area contributed by atoms with Crippen molar-refractivity contribution in [2.75, 3.05) is 0 Å². The second-order valence-electron chi connectivity index (χ2n) is 6.39. The van der Waals surface area contributed by atoms with Crippen molar-refractivity contribution in [3.05, 3.63) is 29.8 Å². The molecule has 7 nitrogen and oxygen atoms in total. The van der Waals surface area contributed by atoms with E-state index >= 15 is 0 Å². The third-order valence-corrected chi connectivity index (χ3v) is 4.57. The van der Waals surface area contributed by atoms with Gasteiger partial charge in [0.25, 0.3) is 0 Å². The molecule has 0 radical (unpaired) electrons. The van der Waals surface area contributed by atoms with Crippen LogP contribution in [0.2, 0.25) is 0 Å². The van der Waals surface area contributed by atoms with E-state index in [1.165, 1.54) is 30.4 Å². The number of hydrogen-bond donors (Lipinski definition) is 4. The van der Waals surface area contributed by atoms with Crippen LogP contribution in [-0.4, -0.2) is 50.0 Å². The van der Waals surface area contributed by atoms with Crippen LogP contribution in [0.3, 0.4) is 0 Å². The molecule has 1 heterocycles. The molecule has 0 amide bonds. The third-order valence-electron chi connectivity index (χ3n) is 4.57. The first-order chi connectivity index (χ1) is 11.3. The number of fused-ring (bicyclic) bond motifs is 2. The van der Waals surface area contributed by atoms with Gasteiger partial charge in [0.1, 0.15) is 6.10 Å². The van der Waals surface area contributed by atoms with Crippen molar-refractivity contribution in [2.45, 2.75) is 37.1 Å². The number of ether oxygens (including phenoxy) is 1. The molecule has 0 aromatic heterocycles. The van der Waals surface area contributed by atoms with Gasteiger partial charge in [-0.05, 0) is 36.1 Å². The maximum Gasteiger partial charge on any atom is 0.338 e. The van der Waals surface area contributed by atoms with Gasteiger partial charge in [0, 0.05) is 12.8 Å². The monoisotopic (exact) mass is 334 g/mol. The van der Waals surface area contributed by atoms with Gasteiger partial charge in [0.15, 0.2) is 22.9 Å². The average molecular weight is 334 g/mol. The number of hydrogen-bond acceptors (Lipinski definition) is 7. The molecule has 3 rings (SSSR count). The van der Waals surface area contributed by atoms with Gasteiger partial charge in [-0.15, -0.1) is 0 Å². The van der Waals surface area contributed by atoms with E-state index in [0.29, 0.717) is 5.56 Å². The van der Waals surface area contributed by atoms with Crippen LogP contribution in [0.5, 0.6) is 11.5 Å². The first-order valence-corrected chi connectivity index (χ1v) is 7.63. The molecule has 0 spiro atoms. The van der Waals surface area contributed by atoms with E-state index < -0.39 is 29.7 Å². The molecule has 1 aromatic rings. The number of aliphatic hydroxyl groups excluding tert-OH is 1. The number of carbonyl (C=O) groups excluding carboxylic acids is 2. The predicted molar refractivity (Wildman–Crippen MR) is 82.0 cm³/mol. The van der Waals surface area contributed by atoms with E-state index in [4.69, 9.17) is 4.74 Å². The Bertz CT molecular complexity index is 711. The van der Waals surface area contributed by atoms with Crippen LogP contribution in [0.15, 0.2) is 24.3 Å². The quantitative estimate of drug-likeness (QED) is 0.359. The molecule has 2 aliphatic rings. The number of benzene rings is 1. The maximum atomic E-state index is 12.1. The molecule has 2 fully saturated rings. The Hall–Kier alpha value is -2.38. The van der Waals surface area contributed by atoms with E-state index in [2.05, 4.69) is 0 Å². The molecule has 1 saturated carbocycles. The van der Waals surface area contributed by atoms with Crippen LogP contribution >= 0.6 is 0 Å². The summed E-state index contributed by atoms with van der Waals surface area (Å²) < 4.78 is 4.95. The fraction of sp³-hybridized carbons (Fsp3) is 0.412. The first-order valence-electron chi connectivity index (χ1n) is 7.63. The van der Waals surface area contributed by atoms with Crippen molar-refractivity contribution in [3.63, 3.8) is 0 Å². The minimum atomic E-state index is -1.61. The highest BCUT2D eigenvalue weighted by molar-refractivity contribution is 5.94. The summed E-state index contributed by atoms with van der Waals surface area (Å²) in [7, 11) is 0. The number of rotatable bonds is 4. The Morgan fingerprint density at radius 2 is 2.04 bits per heavy atom. The average Bonchev–Trinajstić information content (AvgIpc) is 2.78. The molecular weight excluding hydrogens is 316 g/mol. The lowest BCUT2D eigenvalue weighted by atomic mass is 9.75. The van der Waals surface area contributed by atoms with Gasteiger partial charge in [-0.1, -0.05) is 12.1 Å². The van der Waals surface area contributed by atoms with Crippen molar-refractivity contribution >= 4 is 17.8 Å². The normalized spacial score (nSPS) is 32.1. The summed E-state index contributed by atoms with van der Waals surface area (Å²) in [6.07, 6.45) is 1.03. The molecule has 4 unspecified atom stereocenters. The second-order valence-corrected chi connectivity index (χ2v) is 6.39. The first kappa shape index (κ1) is 16.5. The Balaban J connectivity index is 1.65. The van der Waals surface area contributed by atoms with Crippen molar-refractivity contribution in [1.82, 2.24) is 0 Å². The molecule has 1 saturated heterocycles. The molecule has 24 heavy (non-hydrogen) atoms. The predicted octanol–water partition coefficient (Wildman–Crippen LogP) is 0.498. The standard InChI is InChI=1S/C17H18O7/c18-11(3-1-9-2-4-12(19)13(20)5-9)6-10-7-17(23)8-14(15(10)21)24-16(17)22/h1-5,10,14-15,19-21,23H,6-8H2/b3-1+. The van der Waals surface area contributed by atoms with E-state index in [9.17, 15) is 30.0 Å². The fourth-order valence-electron chi connectivity index (χ4n) is 3.27. The molecule has 1 aliphatic carbocycles. The summed E-state index contributed by atoms with van der Waals surface area (Å²) in [6.45, 7) is 0. The highest BCUT2D eigenvalue weighted by atomic mass is 16.6. The molecule has 7 heteroatoms. The Morgan fingerprint density at radius 1 is 1.29 bits per heavy atom. The van der Waals surface area contributed by atoms with Crippen LogP contribution in [0.25, 0.3) is 6.08 Å². The summed E-state index contributed by atoms with van der Waals surface area (Å²) in [5.74, 6) is -2.13. The van der Waals surface area contributed by atoms with E-state index in [1.54, 1.807) is 0 Å². The fourth-order valence-corrected chi connectivity index (χ4v) is 3.27. The van der Waals surface area contributed by atoms with Gasteiger partial charge >= 0.3 is 5.97 Å². The zero-order valence-corrected chi connectivity index (χ0v) is 12.8. The van der Waals surface area contributed by atoms with Crippen LogP contribution in [0, 0.1) is 5.92 Å². The molecule has 1 aliphatic heterocycles. The number of carbonyl (C=O) groups is 2. The summed E-state index contributed by atoms with van der Waals surface area (Å²) in [5, 5.41) is 39.0. The van der Waals surface area contributed by atoms with Crippen molar-refractivity contribution < 1.29 is 34.8 Å². The van der Waals surface area contributed by atoms with Crippen LogP contribution in [0.1, 0.15) is 24.8 Å². The summed E-state index contributed by atoms with van der Waals surface area (Å²) in [5.41, 5.74) is -1.08. The van der Waals surface area contributed by atoms with Crippen LogP contribution in [0.4, 0.5) is 0 Å². The topological polar surface area (TPSA) is 124 Å². The van der Waals surface area contributed by atoms with Crippen molar-refractivity contribution in [1.29, 1.82) is 0 Å². The zero-order chi connectivity index (χ0) is 17.5. The summed E-state index contributed by atoms with van der Waals surface area (Å²) >= 11 is 0. The van der Waals surface area contributed by atoms with Crippen LogP contribution < -0.4 is 0 Å². The zero-order valence-electron chi connectivity index (χ0n) is 12.8. The minimum Gasteiger partial charge on any atom is -0.504 e. The smallest absolute Gasteiger partial charge is 0.338 e. The maximum absolute atomic E-state index is 12.1. The highest BCUT2D eigenvalue weighted by Gasteiger charge is 2.57. The summed E-state index contributed by atoms with van der Waals surface area (Å²) in [6, 6.07) is 4.15. The van der Waals surface area contributed by atoms with Crippen LogP contribution in [-0.2, 0) is 14.3 Å². The lowest BCUT2D eigenvalue weighted by Gasteiger charge is -2.33. The number of ketones is 1. The number of aliphatic hydroxyl groups is 2. The van der Waals surface area contributed by atoms with Gasteiger partial charge in [-0.3, -0.25) is 4.79 Å². The SMILES string of the molecule is O=C(/C=C/c1ccc(O)c(O)c1)CC1CC2(O)CC(OC2=O)C1O. The van der Waals surface area contributed by atoms with E-state index in [-0.39, 0.29) is 36.5 Å². The van der Waals surface area contributed by atoms with Gasteiger partial charge < -0.3 is 25.2 Å². The van der Waals surface area contributed by atoms with E-state index in [1.807, 2.05) is 0 Å². The molecule has 128 valence electrons. The molecule has 4 N–H and O–H groups in total. The number of phenolic OH excluding ortho intramolecular Hbond substituents is 2. The Labute approximate surface area is 137 Å². The Morgan fingerprint density at radius 3 is 2.75 bits per heavy atom. The van der Waals surface area contributed by atoms with Gasteiger partial charge in [-0.25, -0.2) is 4.79 Å². The minimum absolute atomic E-state index is 0.0108. The highest BCUT2D eigenvalue weighted by Crippen LogP contribution is 2.42. The van der Waals surface area contributed by atoms with E-state index in [0.717, 1.165) is 0 Å². The largest absolute Gasteiger partial charge is 0.504 e. The molecule has 2 bridgehead atoms. The molecule has 1 aromatic carbocycles. The number of aromatic hydroxyl groups is 2. The lowest BCUT2D eigenvalue weighted by molar-refractivity contribution is -0.154. The molecule has 4 atom stereocenters. The number of allylic oxidation sites excluding steroid dienone is 1. The van der Waals surface area contributed by atoms with Crippen molar-refractivity contribution in [2.24, 2.45) is 5.92 Å². The number of phenols is 2. The number of esters is 1. The van der Waals surface area contributed by atoms with Crippen molar-refractivity contribution in [3.8, 4) is 11.5 Å². The van der Waals surface area contributed by atoms with Gasteiger partial charge in [-0.2, -0.15) is 0 Å². The Kier molecular flexibility index (Phi) is 4.06.